The number of aromatic nitrogens is 2. The first-order valence-electron chi connectivity index (χ1n) is 5.83. The van der Waals surface area contributed by atoms with E-state index in [9.17, 15) is 21.6 Å². The number of anilines is 1. The van der Waals surface area contributed by atoms with E-state index in [2.05, 4.69) is 14.9 Å². The molecule has 0 bridgehead atoms. The van der Waals surface area contributed by atoms with Gasteiger partial charge in [0.25, 0.3) is 10.0 Å². The van der Waals surface area contributed by atoms with Gasteiger partial charge in [-0.2, -0.15) is 18.3 Å². The highest BCUT2D eigenvalue weighted by atomic mass is 32.2. The van der Waals surface area contributed by atoms with Crippen molar-refractivity contribution in [2.24, 2.45) is 0 Å². The van der Waals surface area contributed by atoms with Crippen LogP contribution in [0.5, 0.6) is 0 Å². The van der Waals surface area contributed by atoms with Gasteiger partial charge in [-0.15, -0.1) is 0 Å². The molecular weight excluding hydrogens is 307 g/mol. The third-order valence-corrected chi connectivity index (χ3v) is 4.41. The van der Waals surface area contributed by atoms with E-state index in [1.807, 2.05) is 0 Å². The van der Waals surface area contributed by atoms with Gasteiger partial charge in [0.05, 0.1) is 17.0 Å². The fraction of sp³-hybridized carbons (Fsp3) is 0.250. The topological polar surface area (TPSA) is 74.8 Å². The average Bonchev–Trinajstić information content (AvgIpc) is 2.68. The Morgan fingerprint density at radius 2 is 1.90 bits per heavy atom. The molecule has 0 unspecified atom stereocenters. The summed E-state index contributed by atoms with van der Waals surface area (Å²) in [7, 11) is -4.00. The Kier molecular flexibility index (Phi) is 3.70. The zero-order valence-corrected chi connectivity index (χ0v) is 11.9. The quantitative estimate of drug-likeness (QED) is 0.913. The second kappa shape index (κ2) is 5.06. The van der Waals surface area contributed by atoms with E-state index in [0.29, 0.717) is 5.69 Å². The molecule has 21 heavy (non-hydrogen) atoms. The standard InChI is InChI=1S/C12H12F3N3O2S/c1-7-11(8(2)17-16-7)21(19,20)18-10-5-3-4-9(6-10)12(13,14)15/h3-6,18H,1-2H3,(H,16,17). The van der Waals surface area contributed by atoms with Crippen LogP contribution in [-0.2, 0) is 16.2 Å². The number of halogens is 3. The number of nitrogens with zero attached hydrogens (tertiary/aromatic N) is 1. The zero-order valence-electron chi connectivity index (χ0n) is 11.1. The van der Waals surface area contributed by atoms with Gasteiger partial charge in [-0.25, -0.2) is 8.42 Å². The van der Waals surface area contributed by atoms with Crippen LogP contribution in [0.1, 0.15) is 17.0 Å². The van der Waals surface area contributed by atoms with Crippen molar-refractivity contribution < 1.29 is 21.6 Å². The van der Waals surface area contributed by atoms with Crippen molar-refractivity contribution in [2.45, 2.75) is 24.9 Å². The van der Waals surface area contributed by atoms with Crippen LogP contribution >= 0.6 is 0 Å². The summed E-state index contributed by atoms with van der Waals surface area (Å²) in [5.41, 5.74) is -0.535. The molecule has 0 aliphatic heterocycles. The number of alkyl halides is 3. The van der Waals surface area contributed by atoms with E-state index in [1.165, 1.54) is 19.9 Å². The summed E-state index contributed by atoms with van der Waals surface area (Å²) in [4.78, 5) is -0.0695. The summed E-state index contributed by atoms with van der Waals surface area (Å²) < 4.78 is 64.4. The molecule has 0 aliphatic carbocycles. The molecule has 0 amide bonds. The van der Waals surface area contributed by atoms with Crippen molar-refractivity contribution in [1.29, 1.82) is 0 Å². The third-order valence-electron chi connectivity index (χ3n) is 2.77. The van der Waals surface area contributed by atoms with Crippen LogP contribution in [0.25, 0.3) is 0 Å². The first-order valence-corrected chi connectivity index (χ1v) is 7.31. The number of H-pyrrole nitrogens is 1. The van der Waals surface area contributed by atoms with Crippen molar-refractivity contribution in [3.63, 3.8) is 0 Å². The monoisotopic (exact) mass is 319 g/mol. The molecule has 2 aromatic rings. The van der Waals surface area contributed by atoms with Crippen molar-refractivity contribution >= 4 is 15.7 Å². The van der Waals surface area contributed by atoms with E-state index in [-0.39, 0.29) is 16.3 Å². The minimum atomic E-state index is -4.54. The van der Waals surface area contributed by atoms with Crippen LogP contribution in [0.15, 0.2) is 29.2 Å². The van der Waals surface area contributed by atoms with E-state index in [0.717, 1.165) is 18.2 Å². The van der Waals surface area contributed by atoms with Gasteiger partial charge in [0, 0.05) is 5.69 Å². The molecule has 0 saturated carbocycles. The predicted molar refractivity (Wildman–Crippen MR) is 70.3 cm³/mol. The van der Waals surface area contributed by atoms with Crippen molar-refractivity contribution in [1.82, 2.24) is 10.2 Å². The van der Waals surface area contributed by atoms with E-state index >= 15 is 0 Å². The normalized spacial score (nSPS) is 12.4. The van der Waals surface area contributed by atoms with E-state index < -0.39 is 21.8 Å². The second-order valence-corrected chi connectivity index (χ2v) is 6.07. The fourth-order valence-corrected chi connectivity index (χ4v) is 3.32. The Hall–Kier alpha value is -2.03. The molecule has 0 spiro atoms. The molecule has 2 N–H and O–H groups in total. The fourth-order valence-electron chi connectivity index (χ4n) is 1.90. The first kappa shape index (κ1) is 15.4. The summed E-state index contributed by atoms with van der Waals surface area (Å²) in [6, 6.07) is 3.99. The van der Waals surface area contributed by atoms with Crippen LogP contribution in [-0.4, -0.2) is 18.6 Å². The van der Waals surface area contributed by atoms with Gasteiger partial charge in [0.2, 0.25) is 0 Å². The molecule has 114 valence electrons. The Labute approximate surface area is 119 Å². The number of hydrogen-bond acceptors (Lipinski definition) is 3. The van der Waals surface area contributed by atoms with Crippen LogP contribution in [0.2, 0.25) is 0 Å². The summed E-state index contributed by atoms with van der Waals surface area (Å²) in [6.45, 7) is 3.00. The highest BCUT2D eigenvalue weighted by Gasteiger charge is 2.31. The molecule has 1 aromatic heterocycles. The Balaban J connectivity index is 2.38. The van der Waals surface area contributed by atoms with Gasteiger partial charge in [0.15, 0.2) is 0 Å². The average molecular weight is 319 g/mol. The molecule has 0 saturated heterocycles. The minimum Gasteiger partial charge on any atom is -0.281 e. The van der Waals surface area contributed by atoms with Gasteiger partial charge in [0.1, 0.15) is 4.90 Å². The van der Waals surface area contributed by atoms with Crippen LogP contribution in [0.4, 0.5) is 18.9 Å². The zero-order chi connectivity index (χ0) is 15.8. The van der Waals surface area contributed by atoms with E-state index in [1.54, 1.807) is 0 Å². The van der Waals surface area contributed by atoms with Crippen LogP contribution < -0.4 is 4.72 Å². The minimum absolute atomic E-state index is 0.0695. The third kappa shape index (κ3) is 3.18. The molecule has 0 aliphatic rings. The molecule has 9 heteroatoms. The number of aryl methyl sites for hydroxylation is 2. The Morgan fingerprint density at radius 3 is 2.43 bits per heavy atom. The van der Waals surface area contributed by atoms with Gasteiger partial charge in [-0.3, -0.25) is 9.82 Å². The lowest BCUT2D eigenvalue weighted by Gasteiger charge is -2.11. The number of benzene rings is 1. The number of hydrogen-bond donors (Lipinski definition) is 2. The lowest BCUT2D eigenvalue weighted by atomic mass is 10.2. The van der Waals surface area contributed by atoms with Gasteiger partial charge >= 0.3 is 6.18 Å². The van der Waals surface area contributed by atoms with Gasteiger partial charge in [-0.1, -0.05) is 6.07 Å². The van der Waals surface area contributed by atoms with Crippen molar-refractivity contribution in [2.75, 3.05) is 4.72 Å². The number of sulfonamides is 1. The van der Waals surface area contributed by atoms with Crippen LogP contribution in [0.3, 0.4) is 0 Å². The first-order chi connectivity index (χ1) is 9.61. The number of aromatic amines is 1. The van der Waals surface area contributed by atoms with Crippen molar-refractivity contribution in [3.05, 3.63) is 41.2 Å². The summed E-state index contributed by atoms with van der Waals surface area (Å²) >= 11 is 0. The number of nitrogens with one attached hydrogen (secondary N) is 2. The highest BCUT2D eigenvalue weighted by molar-refractivity contribution is 7.92. The molecule has 0 atom stereocenters. The van der Waals surface area contributed by atoms with E-state index in [4.69, 9.17) is 0 Å². The molecule has 0 radical (unpaired) electrons. The lowest BCUT2D eigenvalue weighted by molar-refractivity contribution is -0.137. The smallest absolute Gasteiger partial charge is 0.281 e. The Morgan fingerprint density at radius 1 is 1.24 bits per heavy atom. The second-order valence-electron chi connectivity index (χ2n) is 4.45. The maximum absolute atomic E-state index is 12.6. The molecule has 2 rings (SSSR count). The number of rotatable bonds is 3. The summed E-state index contributed by atoms with van der Waals surface area (Å²) in [5.74, 6) is 0. The summed E-state index contributed by atoms with van der Waals surface area (Å²) in [6.07, 6.45) is -4.54. The highest BCUT2D eigenvalue weighted by Crippen LogP contribution is 2.31. The molecule has 1 aromatic carbocycles. The predicted octanol–water partition coefficient (Wildman–Crippen LogP) is 2.85. The van der Waals surface area contributed by atoms with Gasteiger partial charge < -0.3 is 0 Å². The molecule has 0 fully saturated rings. The van der Waals surface area contributed by atoms with Crippen LogP contribution in [0, 0.1) is 13.8 Å². The lowest BCUT2D eigenvalue weighted by Crippen LogP contribution is -2.15. The Bertz CT molecular complexity index is 747. The molecule has 5 nitrogen and oxygen atoms in total. The largest absolute Gasteiger partial charge is 0.416 e. The van der Waals surface area contributed by atoms with Crippen molar-refractivity contribution in [3.8, 4) is 0 Å². The van der Waals surface area contributed by atoms with Gasteiger partial charge in [-0.05, 0) is 32.0 Å². The summed E-state index contributed by atoms with van der Waals surface area (Å²) in [5, 5.41) is 6.27. The maximum Gasteiger partial charge on any atom is 0.416 e. The molecule has 1 heterocycles. The SMILES string of the molecule is Cc1n[nH]c(C)c1S(=O)(=O)Nc1cccc(C(F)(F)F)c1. The maximum atomic E-state index is 12.6. The molecular formula is C12H12F3N3O2S.